The molecule has 142 valence electrons. The lowest BCUT2D eigenvalue weighted by Crippen LogP contribution is -2.44. The first-order valence-corrected chi connectivity index (χ1v) is 9.61. The smallest absolute Gasteiger partial charge is 0.340 e. The lowest BCUT2D eigenvalue weighted by atomic mass is 10.2. The SMILES string of the molecule is C[C@H](OCc1ccc2c(c1)NC(=O)N(c1ccc(Cl)cc1)S2(=O)=O)C(=O)O. The van der Waals surface area contributed by atoms with Crippen LogP contribution in [0.25, 0.3) is 0 Å². The number of urea groups is 1. The second-order valence-electron chi connectivity index (χ2n) is 5.80. The molecule has 1 heterocycles. The molecular weight excluding hydrogens is 396 g/mol. The van der Waals surface area contributed by atoms with Crippen molar-refractivity contribution in [2.75, 3.05) is 9.62 Å². The average Bonchev–Trinajstić information content (AvgIpc) is 2.60. The maximum Gasteiger partial charge on any atom is 0.340 e. The van der Waals surface area contributed by atoms with E-state index in [1.165, 1.54) is 49.4 Å². The van der Waals surface area contributed by atoms with Gasteiger partial charge in [0.25, 0.3) is 10.0 Å². The Kier molecular flexibility index (Phi) is 5.09. The number of anilines is 2. The van der Waals surface area contributed by atoms with E-state index in [0.29, 0.717) is 14.9 Å². The quantitative estimate of drug-likeness (QED) is 0.783. The van der Waals surface area contributed by atoms with Gasteiger partial charge in [-0.25, -0.2) is 18.0 Å². The summed E-state index contributed by atoms with van der Waals surface area (Å²) in [5.74, 6) is -1.11. The van der Waals surface area contributed by atoms with E-state index in [1.807, 2.05) is 0 Å². The number of benzene rings is 2. The second kappa shape index (κ2) is 7.18. The van der Waals surface area contributed by atoms with Crippen LogP contribution in [-0.2, 0) is 26.2 Å². The minimum Gasteiger partial charge on any atom is -0.479 e. The van der Waals surface area contributed by atoms with E-state index in [1.54, 1.807) is 0 Å². The fraction of sp³-hybridized carbons (Fsp3) is 0.176. The molecular formula is C17H15ClN2O6S. The van der Waals surface area contributed by atoms with Gasteiger partial charge in [0.2, 0.25) is 0 Å². The Bertz CT molecular complexity index is 1010. The highest BCUT2D eigenvalue weighted by molar-refractivity contribution is 7.94. The minimum absolute atomic E-state index is 0.0441. The summed E-state index contributed by atoms with van der Waals surface area (Å²) in [5, 5.41) is 11.8. The van der Waals surface area contributed by atoms with E-state index in [2.05, 4.69) is 5.32 Å². The number of carboxylic acid groups (broad SMARTS) is 1. The summed E-state index contributed by atoms with van der Waals surface area (Å²) in [5.41, 5.74) is 0.789. The van der Waals surface area contributed by atoms with Crippen molar-refractivity contribution in [1.82, 2.24) is 0 Å². The molecule has 0 fully saturated rings. The average molecular weight is 411 g/mol. The fourth-order valence-electron chi connectivity index (χ4n) is 2.49. The van der Waals surface area contributed by atoms with Gasteiger partial charge in [-0.3, -0.25) is 0 Å². The summed E-state index contributed by atoms with van der Waals surface area (Å²) >= 11 is 5.81. The topological polar surface area (TPSA) is 113 Å². The third-order valence-corrected chi connectivity index (χ3v) is 5.92. The number of carboxylic acids is 1. The lowest BCUT2D eigenvalue weighted by molar-refractivity contribution is -0.149. The van der Waals surface area contributed by atoms with Crippen LogP contribution in [0.15, 0.2) is 47.4 Å². The largest absolute Gasteiger partial charge is 0.479 e. The van der Waals surface area contributed by atoms with Gasteiger partial charge in [-0.05, 0) is 48.9 Å². The van der Waals surface area contributed by atoms with Crippen molar-refractivity contribution in [2.45, 2.75) is 24.5 Å². The van der Waals surface area contributed by atoms with Crippen LogP contribution in [0.5, 0.6) is 0 Å². The predicted octanol–water partition coefficient (Wildman–Crippen LogP) is 3.07. The normalized spacial score (nSPS) is 16.4. The van der Waals surface area contributed by atoms with Gasteiger partial charge in [-0.2, -0.15) is 4.31 Å². The molecule has 0 aliphatic carbocycles. The van der Waals surface area contributed by atoms with Gasteiger partial charge in [0, 0.05) is 5.02 Å². The van der Waals surface area contributed by atoms with Gasteiger partial charge in [0.05, 0.1) is 18.0 Å². The molecule has 2 aromatic carbocycles. The zero-order chi connectivity index (χ0) is 19.8. The number of nitrogens with zero attached hydrogens (tertiary/aromatic N) is 1. The lowest BCUT2D eigenvalue weighted by Gasteiger charge is -2.29. The number of nitrogens with one attached hydrogen (secondary N) is 1. The Morgan fingerprint density at radius 3 is 2.56 bits per heavy atom. The van der Waals surface area contributed by atoms with E-state index in [-0.39, 0.29) is 22.9 Å². The molecule has 0 saturated carbocycles. The summed E-state index contributed by atoms with van der Waals surface area (Å²) in [6, 6.07) is 9.29. The molecule has 0 unspecified atom stereocenters. The molecule has 2 aromatic rings. The molecule has 1 aliphatic rings. The number of carbonyl (C=O) groups excluding carboxylic acids is 1. The van der Waals surface area contributed by atoms with Gasteiger partial charge < -0.3 is 15.2 Å². The highest BCUT2D eigenvalue weighted by atomic mass is 35.5. The van der Waals surface area contributed by atoms with Gasteiger partial charge in [-0.15, -0.1) is 0 Å². The number of halogens is 1. The highest BCUT2D eigenvalue weighted by Crippen LogP contribution is 2.34. The molecule has 1 aliphatic heterocycles. The molecule has 1 atom stereocenters. The van der Waals surface area contributed by atoms with Crippen molar-refractivity contribution < 1.29 is 27.9 Å². The molecule has 8 nitrogen and oxygen atoms in total. The van der Waals surface area contributed by atoms with Crippen LogP contribution in [-0.4, -0.2) is 31.6 Å². The first kappa shape index (κ1) is 19.2. The molecule has 2 N–H and O–H groups in total. The molecule has 2 amide bonds. The molecule has 27 heavy (non-hydrogen) atoms. The van der Waals surface area contributed by atoms with Crippen LogP contribution in [0.2, 0.25) is 5.02 Å². The Labute approximate surface area is 160 Å². The summed E-state index contributed by atoms with van der Waals surface area (Å²) in [6.45, 7) is 1.34. The van der Waals surface area contributed by atoms with Gasteiger partial charge in [0.15, 0.2) is 6.10 Å². The van der Waals surface area contributed by atoms with Crippen LogP contribution in [0.3, 0.4) is 0 Å². The molecule has 3 rings (SSSR count). The van der Waals surface area contributed by atoms with Crippen molar-refractivity contribution >= 4 is 45.0 Å². The number of hydrogen-bond acceptors (Lipinski definition) is 5. The van der Waals surface area contributed by atoms with E-state index in [4.69, 9.17) is 21.4 Å². The van der Waals surface area contributed by atoms with Crippen molar-refractivity contribution in [3.8, 4) is 0 Å². The van der Waals surface area contributed by atoms with E-state index in [9.17, 15) is 18.0 Å². The maximum atomic E-state index is 12.9. The standard InChI is InChI=1S/C17H15ClN2O6S/c1-10(16(21)22)26-9-11-2-7-15-14(8-11)19-17(23)20(27(15,24)25)13-5-3-12(18)4-6-13/h2-8,10H,9H2,1H3,(H,19,23)(H,21,22)/t10-/m0/s1. The zero-order valence-electron chi connectivity index (χ0n) is 14.0. The number of carbonyl (C=O) groups is 2. The van der Waals surface area contributed by atoms with E-state index >= 15 is 0 Å². The number of ether oxygens (including phenoxy) is 1. The number of aliphatic carboxylic acids is 1. The highest BCUT2D eigenvalue weighted by Gasteiger charge is 2.38. The molecule has 0 spiro atoms. The molecule has 0 radical (unpaired) electrons. The number of sulfonamides is 1. The van der Waals surface area contributed by atoms with Crippen molar-refractivity contribution in [1.29, 1.82) is 0 Å². The summed E-state index contributed by atoms with van der Waals surface area (Å²) < 4.78 is 31.6. The molecule has 0 aromatic heterocycles. The molecule has 10 heteroatoms. The van der Waals surface area contributed by atoms with Crippen molar-refractivity contribution in [3.05, 3.63) is 53.1 Å². The summed E-state index contributed by atoms with van der Waals surface area (Å²) in [6.07, 6.45) is -1.01. The second-order valence-corrected chi connectivity index (χ2v) is 7.99. The first-order chi connectivity index (χ1) is 12.7. The summed E-state index contributed by atoms with van der Waals surface area (Å²) in [4.78, 5) is 23.1. The van der Waals surface area contributed by atoms with E-state index in [0.717, 1.165) is 0 Å². The zero-order valence-corrected chi connectivity index (χ0v) is 15.6. The van der Waals surface area contributed by atoms with E-state index < -0.39 is 28.1 Å². The first-order valence-electron chi connectivity index (χ1n) is 7.79. The van der Waals surface area contributed by atoms with Crippen LogP contribution in [0.4, 0.5) is 16.2 Å². The molecule has 0 bridgehead atoms. The predicted molar refractivity (Wildman–Crippen MR) is 98.5 cm³/mol. The Morgan fingerprint density at radius 1 is 1.26 bits per heavy atom. The monoisotopic (exact) mass is 410 g/mol. The number of hydrogen-bond donors (Lipinski definition) is 2. The van der Waals surface area contributed by atoms with Gasteiger partial charge in [-0.1, -0.05) is 17.7 Å². The van der Waals surface area contributed by atoms with Crippen molar-refractivity contribution in [3.63, 3.8) is 0 Å². The Hall–Kier alpha value is -2.62. The summed E-state index contributed by atoms with van der Waals surface area (Å²) in [7, 11) is -4.12. The Morgan fingerprint density at radius 2 is 1.93 bits per heavy atom. The molecule has 0 saturated heterocycles. The third-order valence-electron chi connectivity index (χ3n) is 3.90. The Balaban J connectivity index is 1.92. The van der Waals surface area contributed by atoms with Crippen LogP contribution in [0.1, 0.15) is 12.5 Å². The van der Waals surface area contributed by atoms with Crippen LogP contribution >= 0.6 is 11.6 Å². The number of rotatable bonds is 5. The van der Waals surface area contributed by atoms with Gasteiger partial charge >= 0.3 is 12.0 Å². The van der Waals surface area contributed by atoms with Crippen LogP contribution in [0, 0.1) is 0 Å². The minimum atomic E-state index is -4.12. The van der Waals surface area contributed by atoms with Crippen molar-refractivity contribution in [2.24, 2.45) is 0 Å². The maximum absolute atomic E-state index is 12.9. The number of fused-ring (bicyclic) bond motifs is 1. The number of amides is 2. The van der Waals surface area contributed by atoms with Crippen LogP contribution < -0.4 is 9.62 Å². The third kappa shape index (κ3) is 3.75. The van der Waals surface area contributed by atoms with Gasteiger partial charge in [0.1, 0.15) is 4.90 Å². The fourth-order valence-corrected chi connectivity index (χ4v) is 4.10.